The Morgan fingerprint density at radius 1 is 0.462 bits per heavy atom. The number of fused-ring (bicyclic) bond motifs is 1. The first-order valence-electron chi connectivity index (χ1n) is 17.7. The minimum Gasteiger partial charge on any atom is -0.346 e. The van der Waals surface area contributed by atoms with E-state index in [1.54, 1.807) is 0 Å². The van der Waals surface area contributed by atoms with Crippen molar-refractivity contribution in [2.75, 3.05) is 21.3 Å². The van der Waals surface area contributed by atoms with E-state index in [0.29, 0.717) is 11.9 Å². The molecule has 0 atom stereocenters. The fraction of sp³-hybridized carbons (Fsp3) is 0.209. The minimum absolute atomic E-state index is 0.558. The van der Waals surface area contributed by atoms with E-state index in [1.165, 1.54) is 27.8 Å². The average Bonchev–Trinajstić information content (AvgIpc) is 3.61. The van der Waals surface area contributed by atoms with Gasteiger partial charge in [0.1, 0.15) is 17.3 Å². The summed E-state index contributed by atoms with van der Waals surface area (Å²) in [5.74, 6) is 2.73. The van der Waals surface area contributed by atoms with Crippen molar-refractivity contribution < 1.29 is 0 Å². The number of aromatic nitrogens is 5. The second-order valence-electron chi connectivity index (χ2n) is 12.6. The van der Waals surface area contributed by atoms with E-state index in [0.717, 1.165) is 56.5 Å². The first kappa shape index (κ1) is 37.0. The molecule has 3 heterocycles. The van der Waals surface area contributed by atoms with E-state index in [9.17, 15) is 0 Å². The van der Waals surface area contributed by atoms with Crippen molar-refractivity contribution in [3.05, 3.63) is 142 Å². The number of nitrogens with zero attached hydrogens (tertiary/aromatic N) is 4. The molecule has 9 nitrogen and oxygen atoms in total. The van der Waals surface area contributed by atoms with Crippen LogP contribution in [0, 0.1) is 48.5 Å². The van der Waals surface area contributed by atoms with Gasteiger partial charge in [-0.15, -0.1) is 0 Å². The van der Waals surface area contributed by atoms with Crippen molar-refractivity contribution >= 4 is 57.3 Å². The number of aromatic amines is 1. The molecule has 0 bridgehead atoms. The summed E-state index contributed by atoms with van der Waals surface area (Å²) < 4.78 is 0. The first-order chi connectivity index (χ1) is 25.1. The molecule has 4 aromatic carbocycles. The molecule has 0 saturated carbocycles. The fourth-order valence-electron chi connectivity index (χ4n) is 5.55. The van der Waals surface area contributed by atoms with Gasteiger partial charge in [0.15, 0.2) is 0 Å². The maximum atomic E-state index is 4.72. The van der Waals surface area contributed by atoms with Gasteiger partial charge < -0.3 is 26.3 Å². The van der Waals surface area contributed by atoms with E-state index in [-0.39, 0.29) is 0 Å². The lowest BCUT2D eigenvalue weighted by molar-refractivity contribution is 1.13. The van der Waals surface area contributed by atoms with E-state index >= 15 is 0 Å². The van der Waals surface area contributed by atoms with Crippen LogP contribution >= 0.6 is 0 Å². The van der Waals surface area contributed by atoms with Crippen LogP contribution in [0.1, 0.15) is 52.8 Å². The highest BCUT2D eigenvalue weighted by molar-refractivity contribution is 5.90. The van der Waals surface area contributed by atoms with Crippen LogP contribution in [0.3, 0.4) is 0 Å². The molecule has 5 N–H and O–H groups in total. The lowest BCUT2D eigenvalue weighted by Gasteiger charge is -2.13. The Hall–Kier alpha value is -6.22. The van der Waals surface area contributed by atoms with Crippen LogP contribution in [0.4, 0.5) is 46.3 Å². The molecule has 0 spiro atoms. The number of H-pyrrole nitrogens is 1. The SMILES string of the molecule is CC.Cc1ccc(Nc2nc(Nc3ccccc3C)c3cc[nH]c3n2)c(C)c1.Cc1ccc(Nc2ncc(C)c(Nc3ccccc3C)n2)c(C)c1. The van der Waals surface area contributed by atoms with E-state index in [1.807, 2.05) is 75.6 Å². The summed E-state index contributed by atoms with van der Waals surface area (Å²) in [5.41, 5.74) is 13.1. The number of para-hydroxylation sites is 2. The number of anilines is 8. The Kier molecular flexibility index (Phi) is 12.2. The van der Waals surface area contributed by atoms with Crippen molar-refractivity contribution in [3.8, 4) is 0 Å². The number of rotatable bonds is 8. The lowest BCUT2D eigenvalue weighted by atomic mass is 10.1. The van der Waals surface area contributed by atoms with Crippen LogP contribution in [0.2, 0.25) is 0 Å². The summed E-state index contributed by atoms with van der Waals surface area (Å²) in [7, 11) is 0. The van der Waals surface area contributed by atoms with E-state index < -0.39 is 0 Å². The van der Waals surface area contributed by atoms with Crippen LogP contribution in [0.25, 0.3) is 11.0 Å². The number of hydrogen-bond acceptors (Lipinski definition) is 8. The summed E-state index contributed by atoms with van der Waals surface area (Å²) in [5, 5.41) is 14.4. The average molecular weight is 692 g/mol. The normalized spacial score (nSPS) is 10.4. The third-order valence-electron chi connectivity index (χ3n) is 8.44. The second kappa shape index (κ2) is 17.1. The monoisotopic (exact) mass is 691 g/mol. The Morgan fingerprint density at radius 3 is 1.52 bits per heavy atom. The lowest BCUT2D eigenvalue weighted by Crippen LogP contribution is -2.04. The highest BCUT2D eigenvalue weighted by Crippen LogP contribution is 2.28. The number of nitrogens with one attached hydrogen (secondary N) is 5. The summed E-state index contributed by atoms with van der Waals surface area (Å²) in [4.78, 5) is 21.5. The molecule has 7 rings (SSSR count). The van der Waals surface area contributed by atoms with Crippen molar-refractivity contribution in [3.63, 3.8) is 0 Å². The van der Waals surface area contributed by atoms with Gasteiger partial charge in [0.05, 0.1) is 5.39 Å². The molecular weight excluding hydrogens is 643 g/mol. The molecule has 0 radical (unpaired) electrons. The summed E-state index contributed by atoms with van der Waals surface area (Å²) >= 11 is 0. The highest BCUT2D eigenvalue weighted by Gasteiger charge is 2.12. The number of aryl methyl sites for hydroxylation is 7. The smallest absolute Gasteiger partial charge is 0.231 e. The largest absolute Gasteiger partial charge is 0.346 e. The van der Waals surface area contributed by atoms with Gasteiger partial charge in [-0.1, -0.05) is 85.6 Å². The van der Waals surface area contributed by atoms with E-state index in [4.69, 9.17) is 4.98 Å². The van der Waals surface area contributed by atoms with Crippen LogP contribution < -0.4 is 21.3 Å². The minimum atomic E-state index is 0.558. The van der Waals surface area contributed by atoms with Gasteiger partial charge in [-0.3, -0.25) is 0 Å². The molecular formula is C43H49N9. The first-order valence-corrected chi connectivity index (χ1v) is 17.7. The quantitative estimate of drug-likeness (QED) is 0.107. The van der Waals surface area contributed by atoms with Gasteiger partial charge in [-0.2, -0.15) is 15.0 Å². The Labute approximate surface area is 307 Å². The summed E-state index contributed by atoms with van der Waals surface area (Å²) in [6, 6.07) is 30.9. The third kappa shape index (κ3) is 9.31. The van der Waals surface area contributed by atoms with Gasteiger partial charge in [0, 0.05) is 40.7 Å². The number of benzene rings is 4. The summed E-state index contributed by atoms with van der Waals surface area (Å²) in [6.07, 6.45) is 3.71. The van der Waals surface area contributed by atoms with Gasteiger partial charge in [0.25, 0.3) is 0 Å². The van der Waals surface area contributed by atoms with Gasteiger partial charge >= 0.3 is 0 Å². The molecule has 0 unspecified atom stereocenters. The van der Waals surface area contributed by atoms with E-state index in [2.05, 4.69) is 131 Å². The standard InChI is InChI=1S/C21H21N5.C20H22N4.C2H6/c1-13-8-9-18(15(3)12-13)24-21-25-19-16(10-11-22-19)20(26-21)23-17-7-5-4-6-14(17)2;1-13-9-10-18(15(3)11-13)23-20-21-12-16(4)19(24-20)22-17-8-6-5-7-14(17)2;1-2/h4-12H,1-3H3,(H3,22,23,24,25,26);5-12H,1-4H3,(H2,21,22,23,24);1-2H3. The molecule has 0 aliphatic carbocycles. The highest BCUT2D eigenvalue weighted by atomic mass is 15.2. The third-order valence-corrected chi connectivity index (χ3v) is 8.44. The molecule has 0 saturated heterocycles. The maximum absolute atomic E-state index is 4.72. The maximum Gasteiger partial charge on any atom is 0.231 e. The molecule has 9 heteroatoms. The van der Waals surface area contributed by atoms with Gasteiger partial charge in [0.2, 0.25) is 11.9 Å². The van der Waals surface area contributed by atoms with Crippen molar-refractivity contribution in [1.82, 2.24) is 24.9 Å². The summed E-state index contributed by atoms with van der Waals surface area (Å²) in [6.45, 7) is 18.5. The predicted octanol–water partition coefficient (Wildman–Crippen LogP) is 11.6. The van der Waals surface area contributed by atoms with Gasteiger partial charge in [-0.25, -0.2) is 4.98 Å². The molecule has 0 fully saturated rings. The fourth-order valence-corrected chi connectivity index (χ4v) is 5.55. The topological polar surface area (TPSA) is 115 Å². The van der Waals surface area contributed by atoms with Crippen LogP contribution in [0.15, 0.2) is 103 Å². The second-order valence-corrected chi connectivity index (χ2v) is 12.6. The molecule has 52 heavy (non-hydrogen) atoms. The Morgan fingerprint density at radius 2 is 0.962 bits per heavy atom. The molecule has 0 aliphatic heterocycles. The zero-order valence-electron chi connectivity index (χ0n) is 31.6. The predicted molar refractivity (Wildman–Crippen MR) is 219 cm³/mol. The molecule has 266 valence electrons. The zero-order valence-corrected chi connectivity index (χ0v) is 31.6. The zero-order chi connectivity index (χ0) is 37.2. The van der Waals surface area contributed by atoms with Crippen LogP contribution in [-0.2, 0) is 0 Å². The molecule has 7 aromatic rings. The van der Waals surface area contributed by atoms with Crippen molar-refractivity contribution in [2.45, 2.75) is 62.3 Å². The Balaban J connectivity index is 0.000000193. The Bertz CT molecular complexity index is 2270. The van der Waals surface area contributed by atoms with Crippen molar-refractivity contribution in [2.24, 2.45) is 0 Å². The molecule has 0 amide bonds. The van der Waals surface area contributed by atoms with Crippen molar-refractivity contribution in [1.29, 1.82) is 0 Å². The van der Waals surface area contributed by atoms with Gasteiger partial charge in [-0.05, 0) is 101 Å². The van der Waals surface area contributed by atoms with Crippen LogP contribution in [-0.4, -0.2) is 24.9 Å². The molecule has 0 aliphatic rings. The number of hydrogen-bond donors (Lipinski definition) is 5. The van der Waals surface area contributed by atoms with Crippen LogP contribution in [0.5, 0.6) is 0 Å². The molecule has 3 aromatic heterocycles.